The predicted octanol–water partition coefficient (Wildman–Crippen LogP) is 2.35. The summed E-state index contributed by atoms with van der Waals surface area (Å²) in [6.45, 7) is 6.89. The average molecular weight is 295 g/mol. The molecule has 2 aromatic rings. The zero-order chi connectivity index (χ0) is 14.8. The fourth-order valence-corrected chi connectivity index (χ4v) is 2.03. The van der Waals surface area contributed by atoms with Gasteiger partial charge in [0, 0.05) is 12.1 Å². The van der Waals surface area contributed by atoms with Crippen LogP contribution >= 0.6 is 12.2 Å². The van der Waals surface area contributed by atoms with Gasteiger partial charge in [-0.1, -0.05) is 6.07 Å². The van der Waals surface area contributed by atoms with Crippen LogP contribution in [0, 0.1) is 4.77 Å². The monoisotopic (exact) mass is 295 g/mol. The second kappa shape index (κ2) is 5.95. The third-order valence-corrected chi connectivity index (χ3v) is 3.02. The van der Waals surface area contributed by atoms with Crippen LogP contribution in [0.1, 0.15) is 20.8 Å². The molecule has 1 aromatic carbocycles. The highest BCUT2D eigenvalue weighted by molar-refractivity contribution is 7.71. The lowest BCUT2D eigenvalue weighted by Crippen LogP contribution is -2.42. The van der Waals surface area contributed by atoms with E-state index in [0.29, 0.717) is 17.1 Å². The number of nitrogens with one attached hydrogen (secondary N) is 3. The topological polar surface area (TPSA) is 73.1 Å². The first-order valence-corrected chi connectivity index (χ1v) is 7.03. The van der Waals surface area contributed by atoms with Crippen LogP contribution in [0.2, 0.25) is 0 Å². The van der Waals surface area contributed by atoms with E-state index in [0.717, 1.165) is 11.0 Å². The highest BCUT2D eigenvalue weighted by Crippen LogP contribution is 2.22. The summed E-state index contributed by atoms with van der Waals surface area (Å²) in [5.74, 6) is 0.685. The lowest BCUT2D eigenvalue weighted by molar-refractivity contribution is 0.101. The number of aliphatic hydroxyl groups is 1. The first-order valence-electron chi connectivity index (χ1n) is 6.62. The summed E-state index contributed by atoms with van der Waals surface area (Å²) in [7, 11) is 0. The number of aliphatic hydroxyl groups excluding tert-OH is 1. The second-order valence-corrected chi connectivity index (χ2v) is 6.26. The molecule has 0 bridgehead atoms. The van der Waals surface area contributed by atoms with Crippen molar-refractivity contribution in [1.29, 1.82) is 0 Å². The van der Waals surface area contributed by atoms with Crippen LogP contribution in [0.25, 0.3) is 11.0 Å². The Morgan fingerprint density at radius 3 is 2.80 bits per heavy atom. The maximum absolute atomic E-state index is 9.93. The minimum Gasteiger partial charge on any atom is -0.489 e. The van der Waals surface area contributed by atoms with Crippen molar-refractivity contribution in [3.8, 4) is 5.75 Å². The van der Waals surface area contributed by atoms with Gasteiger partial charge in [0.15, 0.2) is 4.77 Å². The summed E-state index contributed by atoms with van der Waals surface area (Å²) in [5, 5.41) is 13.2. The number of H-pyrrole nitrogens is 2. The minimum atomic E-state index is -0.564. The van der Waals surface area contributed by atoms with E-state index < -0.39 is 6.10 Å². The van der Waals surface area contributed by atoms with E-state index in [1.54, 1.807) is 0 Å². The zero-order valence-electron chi connectivity index (χ0n) is 12.0. The van der Waals surface area contributed by atoms with Crippen LogP contribution in [0.15, 0.2) is 18.2 Å². The van der Waals surface area contributed by atoms with Crippen molar-refractivity contribution in [2.75, 3.05) is 13.2 Å². The predicted molar refractivity (Wildman–Crippen MR) is 82.7 cm³/mol. The molecule has 4 N–H and O–H groups in total. The molecule has 0 aliphatic rings. The van der Waals surface area contributed by atoms with Gasteiger partial charge in [0.2, 0.25) is 0 Å². The highest BCUT2D eigenvalue weighted by atomic mass is 32.1. The summed E-state index contributed by atoms with van der Waals surface area (Å²) in [5.41, 5.74) is 1.70. The molecule has 5 nitrogen and oxygen atoms in total. The third-order valence-electron chi connectivity index (χ3n) is 2.81. The van der Waals surface area contributed by atoms with Crippen LogP contribution in [0.3, 0.4) is 0 Å². The normalized spacial score (nSPS) is 13.6. The number of fused-ring (bicyclic) bond motifs is 1. The molecule has 20 heavy (non-hydrogen) atoms. The molecule has 110 valence electrons. The Bertz CT molecular complexity index is 627. The molecule has 2 rings (SSSR count). The number of aromatic amines is 2. The van der Waals surface area contributed by atoms with Gasteiger partial charge < -0.3 is 25.1 Å². The molecule has 0 saturated carbocycles. The molecule has 0 spiro atoms. The van der Waals surface area contributed by atoms with Crippen LogP contribution in [0.5, 0.6) is 5.75 Å². The Kier molecular flexibility index (Phi) is 4.47. The summed E-state index contributed by atoms with van der Waals surface area (Å²) >= 11 is 5.06. The number of benzene rings is 1. The van der Waals surface area contributed by atoms with Gasteiger partial charge in [-0.3, -0.25) is 0 Å². The summed E-state index contributed by atoms with van der Waals surface area (Å²) in [4.78, 5) is 6.08. The Labute approximate surface area is 123 Å². The standard InChI is InChI=1S/C14H21N3O2S/c1-14(2,3)15-7-9(18)8-19-11-6-4-5-10-12(11)17-13(20)16-10/h4-6,9,15,18H,7-8H2,1-3H3,(H2,16,17,20). The second-order valence-electron chi connectivity index (χ2n) is 5.85. The molecule has 0 aliphatic heterocycles. The average Bonchev–Trinajstić information content (AvgIpc) is 2.73. The van der Waals surface area contributed by atoms with Crippen molar-refractivity contribution in [1.82, 2.24) is 15.3 Å². The molecule has 6 heteroatoms. The van der Waals surface area contributed by atoms with Crippen molar-refractivity contribution in [2.45, 2.75) is 32.4 Å². The van der Waals surface area contributed by atoms with Crippen LogP contribution in [-0.2, 0) is 0 Å². The highest BCUT2D eigenvalue weighted by Gasteiger charge is 2.13. The van der Waals surface area contributed by atoms with Crippen LogP contribution in [0.4, 0.5) is 0 Å². The third kappa shape index (κ3) is 4.06. The van der Waals surface area contributed by atoms with Gasteiger partial charge in [0.1, 0.15) is 24.0 Å². The van der Waals surface area contributed by atoms with Gasteiger partial charge in [-0.25, -0.2) is 0 Å². The Morgan fingerprint density at radius 1 is 1.35 bits per heavy atom. The van der Waals surface area contributed by atoms with Crippen LogP contribution in [-0.4, -0.2) is 39.9 Å². The van der Waals surface area contributed by atoms with Gasteiger partial charge in [-0.15, -0.1) is 0 Å². The number of rotatable bonds is 5. The van der Waals surface area contributed by atoms with E-state index in [2.05, 4.69) is 36.1 Å². The van der Waals surface area contributed by atoms with E-state index in [-0.39, 0.29) is 12.1 Å². The molecule has 0 radical (unpaired) electrons. The fraction of sp³-hybridized carbons (Fsp3) is 0.500. The Balaban J connectivity index is 1.97. The van der Waals surface area contributed by atoms with Gasteiger partial charge in [-0.05, 0) is 45.1 Å². The van der Waals surface area contributed by atoms with E-state index >= 15 is 0 Å². The van der Waals surface area contributed by atoms with E-state index in [4.69, 9.17) is 17.0 Å². The number of aromatic nitrogens is 2. The van der Waals surface area contributed by atoms with E-state index in [1.807, 2.05) is 18.2 Å². The minimum absolute atomic E-state index is 0.0212. The molecular weight excluding hydrogens is 274 g/mol. The fourth-order valence-electron chi connectivity index (χ4n) is 1.82. The quantitative estimate of drug-likeness (QED) is 0.639. The Hall–Kier alpha value is -1.37. The first-order chi connectivity index (χ1) is 9.35. The number of hydrogen-bond acceptors (Lipinski definition) is 4. The number of ether oxygens (including phenoxy) is 1. The lowest BCUT2D eigenvalue weighted by Gasteiger charge is -2.23. The molecule has 0 fully saturated rings. The van der Waals surface area contributed by atoms with Crippen molar-refractivity contribution < 1.29 is 9.84 Å². The van der Waals surface area contributed by atoms with Gasteiger partial charge in [-0.2, -0.15) is 0 Å². The molecule has 0 aliphatic carbocycles. The Morgan fingerprint density at radius 2 is 2.10 bits per heavy atom. The summed E-state index contributed by atoms with van der Waals surface area (Å²) < 4.78 is 6.23. The van der Waals surface area contributed by atoms with Crippen molar-refractivity contribution in [3.63, 3.8) is 0 Å². The van der Waals surface area contributed by atoms with Crippen molar-refractivity contribution in [3.05, 3.63) is 23.0 Å². The number of hydrogen-bond donors (Lipinski definition) is 4. The van der Waals surface area contributed by atoms with E-state index in [9.17, 15) is 5.11 Å². The molecule has 1 unspecified atom stereocenters. The maximum Gasteiger partial charge on any atom is 0.175 e. The summed E-state index contributed by atoms with van der Waals surface area (Å²) in [6.07, 6.45) is -0.564. The molecule has 1 atom stereocenters. The molecule has 0 amide bonds. The molecule has 1 aromatic heterocycles. The lowest BCUT2D eigenvalue weighted by atomic mass is 10.1. The number of imidazole rings is 1. The van der Waals surface area contributed by atoms with Gasteiger partial charge in [0.05, 0.1) is 5.52 Å². The molecular formula is C14H21N3O2S. The molecule has 1 heterocycles. The maximum atomic E-state index is 9.93. The first kappa shape index (κ1) is 15.0. The summed E-state index contributed by atoms with van der Waals surface area (Å²) in [6, 6.07) is 5.66. The van der Waals surface area contributed by atoms with Gasteiger partial charge >= 0.3 is 0 Å². The van der Waals surface area contributed by atoms with Gasteiger partial charge in [0.25, 0.3) is 0 Å². The number of para-hydroxylation sites is 1. The largest absolute Gasteiger partial charge is 0.489 e. The molecule has 0 saturated heterocycles. The zero-order valence-corrected chi connectivity index (χ0v) is 12.8. The smallest absolute Gasteiger partial charge is 0.175 e. The van der Waals surface area contributed by atoms with E-state index in [1.165, 1.54) is 0 Å². The van der Waals surface area contributed by atoms with Crippen LogP contribution < -0.4 is 10.1 Å². The SMILES string of the molecule is CC(C)(C)NCC(O)COc1cccc2[nH]c(=S)[nH]c12. The number of β-amino-alcohol motifs (C(OH)–C–C–N with tert-alkyl or cyclic N) is 1. The van der Waals surface area contributed by atoms with Crippen molar-refractivity contribution in [2.24, 2.45) is 0 Å². The van der Waals surface area contributed by atoms with Crippen molar-refractivity contribution >= 4 is 23.3 Å².